The Labute approximate surface area is 264 Å². The zero-order valence-electron chi connectivity index (χ0n) is 28.5. The van der Waals surface area contributed by atoms with E-state index in [1.54, 1.807) is 6.92 Å². The van der Waals surface area contributed by atoms with Gasteiger partial charge in [0, 0.05) is 0 Å². The van der Waals surface area contributed by atoms with E-state index in [4.69, 9.17) is 4.74 Å². The molecule has 5 fully saturated rings. The van der Waals surface area contributed by atoms with Crippen molar-refractivity contribution in [3.05, 3.63) is 11.6 Å². The largest absolute Gasteiger partial charge is 0.481 e. The third kappa shape index (κ3) is 4.27. The van der Waals surface area contributed by atoms with Crippen molar-refractivity contribution in [3.8, 4) is 0 Å². The quantitative estimate of drug-likeness (QED) is 0.257. The molecule has 7 heteroatoms. The Morgan fingerprint density at radius 3 is 2.18 bits per heavy atom. The summed E-state index contributed by atoms with van der Waals surface area (Å²) in [6.45, 7) is 18.4. The van der Waals surface area contributed by atoms with Crippen LogP contribution in [0.4, 0.5) is 0 Å². The van der Waals surface area contributed by atoms with Crippen molar-refractivity contribution in [2.75, 3.05) is 0 Å². The van der Waals surface area contributed by atoms with E-state index in [0.717, 1.165) is 64.2 Å². The standard InChI is InChI=1S/C37H60O7/c1-20-26(38)28(40)29(41)30(44-20)27(39)22-11-13-34(6)24(33(22,4)5)12-14-36(8)25(34)10-9-21-23-19-32(2,3)15-17-37(23,31(42)43)18-16-35(21,36)7/h9,20,22-30,38-41H,10-19H2,1-8H3,(H,42,43)/t20?,22-,23?,24?,25?,26-,27-,28?,29?,30+,34+,35-,36-,37+/m1/s1. The summed E-state index contributed by atoms with van der Waals surface area (Å²) in [5, 5.41) is 54.0. The molecule has 0 aromatic rings. The van der Waals surface area contributed by atoms with E-state index in [1.165, 1.54) is 5.57 Å². The van der Waals surface area contributed by atoms with Gasteiger partial charge in [-0.15, -0.1) is 0 Å². The fourth-order valence-electron chi connectivity index (χ4n) is 12.9. The molecule has 0 spiro atoms. The van der Waals surface area contributed by atoms with E-state index in [2.05, 4.69) is 54.5 Å². The molecule has 6 rings (SSSR count). The molecule has 250 valence electrons. The maximum atomic E-state index is 12.9. The summed E-state index contributed by atoms with van der Waals surface area (Å²) < 4.78 is 5.95. The number of fused-ring (bicyclic) bond motifs is 7. The van der Waals surface area contributed by atoms with Crippen molar-refractivity contribution in [1.29, 1.82) is 0 Å². The lowest BCUT2D eigenvalue weighted by molar-refractivity contribution is -0.260. The molecule has 14 atom stereocenters. The highest BCUT2D eigenvalue weighted by Gasteiger charge is 2.69. The minimum atomic E-state index is -1.35. The van der Waals surface area contributed by atoms with Crippen LogP contribution >= 0.6 is 0 Å². The van der Waals surface area contributed by atoms with E-state index in [9.17, 15) is 30.3 Å². The summed E-state index contributed by atoms with van der Waals surface area (Å²) in [6, 6.07) is 0. The van der Waals surface area contributed by atoms with Crippen LogP contribution in [0.3, 0.4) is 0 Å². The molecule has 4 saturated carbocycles. The molecule has 0 bridgehead atoms. The third-order valence-corrected chi connectivity index (χ3v) is 15.8. The van der Waals surface area contributed by atoms with Crippen LogP contribution in [0.15, 0.2) is 11.6 Å². The minimum absolute atomic E-state index is 0.0331. The molecule has 0 radical (unpaired) electrons. The molecular weight excluding hydrogens is 556 g/mol. The highest BCUT2D eigenvalue weighted by Crippen LogP contribution is 2.76. The molecule has 6 aliphatic rings. The summed E-state index contributed by atoms with van der Waals surface area (Å²) in [5.41, 5.74) is 0.817. The molecule has 5 aliphatic carbocycles. The average molecular weight is 617 g/mol. The van der Waals surface area contributed by atoms with E-state index in [-0.39, 0.29) is 38.9 Å². The van der Waals surface area contributed by atoms with Crippen molar-refractivity contribution >= 4 is 5.97 Å². The number of aliphatic hydroxyl groups is 4. The van der Waals surface area contributed by atoms with Gasteiger partial charge < -0.3 is 30.3 Å². The molecule has 0 aromatic carbocycles. The summed E-state index contributed by atoms with van der Waals surface area (Å²) in [7, 11) is 0. The summed E-state index contributed by atoms with van der Waals surface area (Å²) in [5.74, 6) is 0.225. The van der Waals surface area contributed by atoms with Gasteiger partial charge in [-0.1, -0.05) is 60.1 Å². The van der Waals surface area contributed by atoms with Crippen molar-refractivity contribution in [3.63, 3.8) is 0 Å². The van der Waals surface area contributed by atoms with Gasteiger partial charge in [0.1, 0.15) is 24.4 Å². The lowest BCUT2D eigenvalue weighted by Crippen LogP contribution is -2.66. The van der Waals surface area contributed by atoms with Crippen LogP contribution in [0.2, 0.25) is 0 Å². The molecule has 44 heavy (non-hydrogen) atoms. The summed E-state index contributed by atoms with van der Waals surface area (Å²) in [6.07, 6.45) is 5.37. The van der Waals surface area contributed by atoms with Gasteiger partial charge in [0.05, 0.1) is 17.6 Å². The highest BCUT2D eigenvalue weighted by atomic mass is 16.5. The van der Waals surface area contributed by atoms with Gasteiger partial charge in [0.15, 0.2) is 0 Å². The second-order valence-corrected chi connectivity index (χ2v) is 18.4. The monoisotopic (exact) mass is 616 g/mol. The van der Waals surface area contributed by atoms with Gasteiger partial charge in [0.25, 0.3) is 0 Å². The minimum Gasteiger partial charge on any atom is -0.481 e. The van der Waals surface area contributed by atoms with Crippen molar-refractivity contribution < 1.29 is 35.1 Å². The van der Waals surface area contributed by atoms with Crippen molar-refractivity contribution in [1.82, 2.24) is 0 Å². The van der Waals surface area contributed by atoms with Crippen LogP contribution in [-0.2, 0) is 9.53 Å². The first kappa shape index (κ1) is 32.9. The van der Waals surface area contributed by atoms with Crippen molar-refractivity contribution in [2.24, 2.45) is 56.2 Å². The second kappa shape index (κ2) is 10.3. The van der Waals surface area contributed by atoms with Crippen LogP contribution in [0.1, 0.15) is 120 Å². The topological polar surface area (TPSA) is 127 Å². The normalized spacial score (nSPS) is 53.6. The van der Waals surface area contributed by atoms with E-state index >= 15 is 0 Å². The number of aliphatic hydroxyl groups excluding tert-OH is 4. The molecule has 1 heterocycles. The molecule has 0 amide bonds. The third-order valence-electron chi connectivity index (χ3n) is 15.8. The first-order chi connectivity index (χ1) is 20.3. The summed E-state index contributed by atoms with van der Waals surface area (Å²) in [4.78, 5) is 12.9. The Hall–Kier alpha value is -0.990. The lowest BCUT2D eigenvalue weighted by Gasteiger charge is -2.71. The zero-order valence-corrected chi connectivity index (χ0v) is 28.5. The molecule has 6 unspecified atom stereocenters. The number of carbonyl (C=O) groups is 1. The number of carboxylic acid groups (broad SMARTS) is 1. The number of hydrogen-bond acceptors (Lipinski definition) is 6. The van der Waals surface area contributed by atoms with E-state index in [0.29, 0.717) is 11.8 Å². The fraction of sp³-hybridized carbons (Fsp3) is 0.919. The van der Waals surface area contributed by atoms with Crippen LogP contribution in [0.5, 0.6) is 0 Å². The first-order valence-corrected chi connectivity index (χ1v) is 17.6. The predicted octanol–water partition coefficient (Wildman–Crippen LogP) is 5.72. The van der Waals surface area contributed by atoms with E-state index < -0.39 is 48.0 Å². The molecular formula is C37H60O7. The van der Waals surface area contributed by atoms with Gasteiger partial charge >= 0.3 is 5.97 Å². The molecule has 5 N–H and O–H groups in total. The summed E-state index contributed by atoms with van der Waals surface area (Å²) >= 11 is 0. The first-order valence-electron chi connectivity index (χ1n) is 17.6. The Morgan fingerprint density at radius 2 is 1.52 bits per heavy atom. The number of aliphatic carboxylic acids is 1. The Kier molecular flexibility index (Phi) is 7.67. The van der Waals surface area contributed by atoms with Crippen molar-refractivity contribution in [2.45, 2.75) is 156 Å². The van der Waals surface area contributed by atoms with Crippen LogP contribution in [-0.4, -0.2) is 68.1 Å². The maximum Gasteiger partial charge on any atom is 0.310 e. The van der Waals surface area contributed by atoms with Crippen LogP contribution < -0.4 is 0 Å². The molecule has 7 nitrogen and oxygen atoms in total. The second-order valence-electron chi connectivity index (χ2n) is 18.4. The van der Waals surface area contributed by atoms with Crippen LogP contribution in [0, 0.1) is 56.2 Å². The van der Waals surface area contributed by atoms with Gasteiger partial charge in [0.2, 0.25) is 0 Å². The highest BCUT2D eigenvalue weighted by molar-refractivity contribution is 5.76. The van der Waals surface area contributed by atoms with Gasteiger partial charge in [-0.25, -0.2) is 0 Å². The van der Waals surface area contributed by atoms with Crippen LogP contribution in [0.25, 0.3) is 0 Å². The molecule has 0 aromatic heterocycles. The Morgan fingerprint density at radius 1 is 0.864 bits per heavy atom. The smallest absolute Gasteiger partial charge is 0.310 e. The Balaban J connectivity index is 1.32. The van der Waals surface area contributed by atoms with E-state index in [1.807, 2.05) is 0 Å². The molecule has 1 aliphatic heterocycles. The number of carboxylic acids is 1. The van der Waals surface area contributed by atoms with Gasteiger partial charge in [-0.2, -0.15) is 0 Å². The van der Waals surface area contributed by atoms with Gasteiger partial charge in [-0.05, 0) is 122 Å². The number of ether oxygens (including phenoxy) is 1. The Bertz CT molecular complexity index is 1190. The SMILES string of the molecule is CC1O[C@@H]([C@H](O)[C@H]2CC[C@@]3(C)C(CC[C@]4(C)C3CC=C3C5CC(C)(C)CC[C@]5(C(=O)O)CC[C@]34C)C2(C)C)C(O)C(O)[C@@H]1O. The fourth-order valence-corrected chi connectivity index (χ4v) is 12.9. The zero-order chi connectivity index (χ0) is 32.4. The molecule has 1 saturated heterocycles. The number of hydrogen-bond donors (Lipinski definition) is 5. The number of allylic oxidation sites excluding steroid dienone is 2. The maximum absolute atomic E-state index is 12.9. The van der Waals surface area contributed by atoms with Gasteiger partial charge in [-0.3, -0.25) is 4.79 Å². The lowest BCUT2D eigenvalue weighted by atomic mass is 9.33. The predicted molar refractivity (Wildman–Crippen MR) is 169 cm³/mol. The number of rotatable bonds is 3. The average Bonchev–Trinajstić information content (AvgIpc) is 2.93.